The average molecular weight is 376 g/mol. The summed E-state index contributed by atoms with van der Waals surface area (Å²) in [5.74, 6) is 0.331. The van der Waals surface area contributed by atoms with Crippen molar-refractivity contribution in [2.24, 2.45) is 10.2 Å². The summed E-state index contributed by atoms with van der Waals surface area (Å²) in [6.45, 7) is 0. The third-order valence-electron chi connectivity index (χ3n) is 4.54. The number of unbranched alkanes of at least 4 members (excludes halogenated alkanes) is 2. The fourth-order valence-corrected chi connectivity index (χ4v) is 2.99. The first-order chi connectivity index (χ1) is 13.7. The highest BCUT2D eigenvalue weighted by atomic mass is 16.1. The van der Waals surface area contributed by atoms with Crippen molar-refractivity contribution in [3.05, 3.63) is 80.5 Å². The van der Waals surface area contributed by atoms with E-state index >= 15 is 0 Å². The number of Topliss-reactive ketones (excluding diaryl/α,β-unsaturated/α-hetero) is 1. The SMILES string of the molecule is [N-]=[N+]=Nc1ccc(CCCCC(=O)CCCCc2ccc(N=[N+]=[N-])cc2)cc1. The summed E-state index contributed by atoms with van der Waals surface area (Å²) >= 11 is 0. The number of aryl methyl sites for hydroxylation is 2. The van der Waals surface area contributed by atoms with Crippen molar-refractivity contribution < 1.29 is 4.79 Å². The maximum Gasteiger partial charge on any atom is 0.132 e. The minimum Gasteiger partial charge on any atom is -0.300 e. The van der Waals surface area contributed by atoms with Gasteiger partial charge in [-0.2, -0.15) is 0 Å². The van der Waals surface area contributed by atoms with Crippen LogP contribution in [0.2, 0.25) is 0 Å². The predicted molar refractivity (Wildman–Crippen MR) is 111 cm³/mol. The Morgan fingerprint density at radius 1 is 0.679 bits per heavy atom. The standard InChI is InChI=1S/C21H24N6O/c22-26-24-19-13-9-17(10-14-19)5-1-3-7-21(28)8-4-2-6-18-11-15-20(16-12-18)25-27-23/h9-16H,1-8H2. The van der Waals surface area contributed by atoms with Gasteiger partial charge in [-0.3, -0.25) is 4.79 Å². The molecule has 2 aromatic rings. The number of hydrogen-bond donors (Lipinski definition) is 0. The Balaban J connectivity index is 1.56. The highest BCUT2D eigenvalue weighted by molar-refractivity contribution is 5.78. The van der Waals surface area contributed by atoms with E-state index in [1.165, 1.54) is 11.1 Å². The van der Waals surface area contributed by atoms with E-state index in [0.717, 1.165) is 38.5 Å². The molecular formula is C21H24N6O. The lowest BCUT2D eigenvalue weighted by atomic mass is 10.0. The van der Waals surface area contributed by atoms with E-state index in [0.29, 0.717) is 30.0 Å². The van der Waals surface area contributed by atoms with Crippen LogP contribution in [0.15, 0.2) is 58.8 Å². The van der Waals surface area contributed by atoms with Gasteiger partial charge in [-0.1, -0.05) is 58.8 Å². The largest absolute Gasteiger partial charge is 0.300 e. The summed E-state index contributed by atoms with van der Waals surface area (Å²) in [5.41, 5.74) is 20.4. The zero-order chi connectivity index (χ0) is 20.0. The topological polar surface area (TPSA) is 115 Å². The van der Waals surface area contributed by atoms with Crippen molar-refractivity contribution in [1.29, 1.82) is 0 Å². The van der Waals surface area contributed by atoms with Crippen LogP contribution in [-0.2, 0) is 17.6 Å². The quantitative estimate of drug-likeness (QED) is 0.165. The van der Waals surface area contributed by atoms with Crippen LogP contribution in [0.25, 0.3) is 20.9 Å². The number of hydrogen-bond acceptors (Lipinski definition) is 3. The molecule has 0 saturated carbocycles. The van der Waals surface area contributed by atoms with Crippen LogP contribution in [0.5, 0.6) is 0 Å². The molecule has 0 bridgehead atoms. The lowest BCUT2D eigenvalue weighted by Crippen LogP contribution is -1.99. The molecule has 0 atom stereocenters. The van der Waals surface area contributed by atoms with Gasteiger partial charge in [0.05, 0.1) is 0 Å². The van der Waals surface area contributed by atoms with Crippen molar-refractivity contribution in [2.45, 2.75) is 51.4 Å². The van der Waals surface area contributed by atoms with Gasteiger partial charge < -0.3 is 0 Å². The van der Waals surface area contributed by atoms with Crippen LogP contribution >= 0.6 is 0 Å². The van der Waals surface area contributed by atoms with Crippen LogP contribution < -0.4 is 0 Å². The number of carbonyl (C=O) groups excluding carboxylic acids is 1. The first-order valence-electron chi connectivity index (χ1n) is 9.51. The maximum atomic E-state index is 12.0. The summed E-state index contributed by atoms with van der Waals surface area (Å²) in [4.78, 5) is 17.5. The highest BCUT2D eigenvalue weighted by Crippen LogP contribution is 2.17. The lowest BCUT2D eigenvalue weighted by Gasteiger charge is -2.04. The molecule has 0 saturated heterocycles. The molecule has 2 rings (SSSR count). The predicted octanol–water partition coefficient (Wildman–Crippen LogP) is 7.27. The zero-order valence-corrected chi connectivity index (χ0v) is 15.9. The van der Waals surface area contributed by atoms with Gasteiger partial charge in [-0.05, 0) is 60.7 Å². The zero-order valence-electron chi connectivity index (χ0n) is 15.9. The second kappa shape index (κ2) is 12.2. The van der Waals surface area contributed by atoms with Crippen LogP contribution in [0.3, 0.4) is 0 Å². The normalized spacial score (nSPS) is 10.0. The molecule has 0 aromatic heterocycles. The molecule has 7 nitrogen and oxygen atoms in total. The summed E-state index contributed by atoms with van der Waals surface area (Å²) in [5, 5.41) is 7.10. The second-order valence-electron chi connectivity index (χ2n) is 6.66. The van der Waals surface area contributed by atoms with Gasteiger partial charge in [0.25, 0.3) is 0 Å². The molecule has 0 N–H and O–H groups in total. The third kappa shape index (κ3) is 7.96. The van der Waals surface area contributed by atoms with Gasteiger partial charge in [0.2, 0.25) is 0 Å². The molecule has 0 aliphatic rings. The molecule has 7 heteroatoms. The summed E-state index contributed by atoms with van der Waals surface area (Å²) in [6, 6.07) is 15.1. The number of azide groups is 2. The third-order valence-corrected chi connectivity index (χ3v) is 4.54. The lowest BCUT2D eigenvalue weighted by molar-refractivity contribution is -0.119. The van der Waals surface area contributed by atoms with Crippen LogP contribution in [0.1, 0.15) is 49.7 Å². The van der Waals surface area contributed by atoms with Gasteiger partial charge in [-0.15, -0.1) is 0 Å². The van der Waals surface area contributed by atoms with Crippen molar-refractivity contribution in [3.8, 4) is 0 Å². The van der Waals surface area contributed by atoms with Crippen molar-refractivity contribution >= 4 is 17.2 Å². The smallest absolute Gasteiger partial charge is 0.132 e. The Morgan fingerprint density at radius 3 is 1.43 bits per heavy atom. The first-order valence-corrected chi connectivity index (χ1v) is 9.51. The fraction of sp³-hybridized carbons (Fsp3) is 0.381. The molecule has 0 spiro atoms. The van der Waals surface area contributed by atoms with E-state index < -0.39 is 0 Å². The molecule has 0 heterocycles. The molecule has 0 aliphatic carbocycles. The Morgan fingerprint density at radius 2 is 1.07 bits per heavy atom. The molecule has 144 valence electrons. The Labute approximate surface area is 164 Å². The van der Waals surface area contributed by atoms with E-state index in [1.54, 1.807) is 0 Å². The van der Waals surface area contributed by atoms with Gasteiger partial charge >= 0.3 is 0 Å². The molecule has 0 unspecified atom stereocenters. The summed E-state index contributed by atoms with van der Waals surface area (Å²) in [6.07, 6.45) is 6.88. The highest BCUT2D eigenvalue weighted by Gasteiger charge is 2.03. The Kier molecular flexibility index (Phi) is 9.15. The van der Waals surface area contributed by atoms with E-state index in [2.05, 4.69) is 20.1 Å². The molecule has 0 radical (unpaired) electrons. The van der Waals surface area contributed by atoms with Gasteiger partial charge in [0, 0.05) is 34.0 Å². The average Bonchev–Trinajstić information content (AvgIpc) is 2.71. The Bertz CT molecular complexity index is 776. The molecular weight excluding hydrogens is 352 g/mol. The van der Waals surface area contributed by atoms with Gasteiger partial charge in [-0.25, -0.2) is 0 Å². The number of ketones is 1. The van der Waals surface area contributed by atoms with Crippen molar-refractivity contribution in [2.75, 3.05) is 0 Å². The second-order valence-corrected chi connectivity index (χ2v) is 6.66. The number of rotatable bonds is 12. The molecule has 28 heavy (non-hydrogen) atoms. The molecule has 0 fully saturated rings. The van der Waals surface area contributed by atoms with E-state index in [9.17, 15) is 4.79 Å². The Hall–Kier alpha value is -3.27. The minimum atomic E-state index is 0.331. The summed E-state index contributed by atoms with van der Waals surface area (Å²) < 4.78 is 0. The van der Waals surface area contributed by atoms with Crippen LogP contribution in [0.4, 0.5) is 11.4 Å². The summed E-state index contributed by atoms with van der Waals surface area (Å²) in [7, 11) is 0. The number of carbonyl (C=O) groups is 1. The van der Waals surface area contributed by atoms with E-state index in [1.807, 2.05) is 48.5 Å². The van der Waals surface area contributed by atoms with Crippen LogP contribution in [-0.4, -0.2) is 5.78 Å². The number of benzene rings is 2. The minimum absolute atomic E-state index is 0.331. The van der Waals surface area contributed by atoms with E-state index in [4.69, 9.17) is 11.1 Å². The van der Waals surface area contributed by atoms with Crippen molar-refractivity contribution in [3.63, 3.8) is 0 Å². The fourth-order valence-electron chi connectivity index (χ4n) is 2.99. The van der Waals surface area contributed by atoms with E-state index in [-0.39, 0.29) is 0 Å². The van der Waals surface area contributed by atoms with Gasteiger partial charge in [0.15, 0.2) is 0 Å². The molecule has 2 aromatic carbocycles. The van der Waals surface area contributed by atoms with Gasteiger partial charge in [0.1, 0.15) is 5.78 Å². The number of nitrogens with zero attached hydrogens (tertiary/aromatic N) is 6. The monoisotopic (exact) mass is 376 g/mol. The van der Waals surface area contributed by atoms with Crippen LogP contribution in [0, 0.1) is 0 Å². The van der Waals surface area contributed by atoms with Crippen molar-refractivity contribution in [1.82, 2.24) is 0 Å². The maximum absolute atomic E-state index is 12.0. The molecule has 0 amide bonds. The first kappa shape index (κ1) is 21.0. The molecule has 0 aliphatic heterocycles.